The number of benzene rings is 1. The number of nitrogens with two attached hydrogens (primary N) is 2. The second-order valence-corrected chi connectivity index (χ2v) is 1.63. The van der Waals surface area contributed by atoms with Crippen LogP contribution in [0.2, 0.25) is 0 Å². The molecule has 56 valence electrons. The number of nitrogen functional groups attached to an aromatic ring is 2. The summed E-state index contributed by atoms with van der Waals surface area (Å²) in [6, 6.07) is 7.25. The molecule has 0 radical (unpaired) electrons. The van der Waals surface area contributed by atoms with Crippen LogP contribution in [0, 0.1) is 0 Å². The van der Waals surface area contributed by atoms with E-state index in [0.717, 1.165) is 0 Å². The number of hydrogen-bond acceptors (Lipinski definition) is 3. The molecule has 10 heavy (non-hydrogen) atoms. The molecule has 1 aromatic rings. The first-order chi connectivity index (χ1) is 4.80. The SMILES string of the molecule is Nc1ccccc1N.O[SiH3]. The second kappa shape index (κ2) is 4.84. The van der Waals surface area contributed by atoms with Gasteiger partial charge < -0.3 is 16.3 Å². The Morgan fingerprint density at radius 1 is 1.00 bits per heavy atom. The molecule has 0 saturated carbocycles. The van der Waals surface area contributed by atoms with Gasteiger partial charge in [0.05, 0.1) is 11.4 Å². The van der Waals surface area contributed by atoms with Crippen LogP contribution >= 0.6 is 0 Å². The Morgan fingerprint density at radius 3 is 1.50 bits per heavy atom. The van der Waals surface area contributed by atoms with E-state index >= 15 is 0 Å². The van der Waals surface area contributed by atoms with Gasteiger partial charge >= 0.3 is 0 Å². The Labute approximate surface area is 63.2 Å². The highest BCUT2D eigenvalue weighted by atomic mass is 28.2. The lowest BCUT2D eigenvalue weighted by Crippen LogP contribution is -1.91. The molecule has 0 saturated heterocycles. The highest BCUT2D eigenvalue weighted by molar-refractivity contribution is 5.95. The van der Waals surface area contributed by atoms with Crippen LogP contribution in [0.4, 0.5) is 11.4 Å². The third-order valence-electron chi connectivity index (χ3n) is 0.996. The first kappa shape index (κ1) is 9.00. The van der Waals surface area contributed by atoms with E-state index in [2.05, 4.69) is 0 Å². The Bertz CT molecular complexity index is 172. The summed E-state index contributed by atoms with van der Waals surface area (Å²) in [7, 11) is 0.306. The highest BCUT2D eigenvalue weighted by Crippen LogP contribution is 2.10. The maximum Gasteiger partial charge on any atom is 0.141 e. The first-order valence-corrected chi connectivity index (χ1v) is 3.75. The molecule has 0 aromatic heterocycles. The lowest BCUT2D eigenvalue weighted by molar-refractivity contribution is 0.629. The quantitative estimate of drug-likeness (QED) is 0.337. The smallest absolute Gasteiger partial charge is 0.141 e. The maximum atomic E-state index is 7.14. The zero-order valence-electron chi connectivity index (χ0n) is 5.91. The summed E-state index contributed by atoms with van der Waals surface area (Å²) in [5, 5.41) is 0. The summed E-state index contributed by atoms with van der Waals surface area (Å²) >= 11 is 0. The average Bonchev–Trinajstić information content (AvgIpc) is 2.00. The normalized spacial score (nSPS) is 8.10. The molecule has 4 heteroatoms. The number of rotatable bonds is 0. The Hall–Kier alpha value is -1.00. The summed E-state index contributed by atoms with van der Waals surface area (Å²) in [4.78, 5) is 7.14. The van der Waals surface area contributed by atoms with Gasteiger partial charge in [0.15, 0.2) is 0 Å². The molecular weight excluding hydrogens is 144 g/mol. The minimum absolute atomic E-state index is 0.306. The molecule has 0 aliphatic rings. The molecule has 0 amide bonds. The van der Waals surface area contributed by atoms with Crippen molar-refractivity contribution in [2.45, 2.75) is 0 Å². The van der Waals surface area contributed by atoms with E-state index < -0.39 is 0 Å². The van der Waals surface area contributed by atoms with E-state index in [-0.39, 0.29) is 0 Å². The minimum atomic E-state index is 0.306. The molecule has 0 spiro atoms. The predicted octanol–water partition coefficient (Wildman–Crippen LogP) is -0.890. The fourth-order valence-electron chi connectivity index (χ4n) is 0.511. The first-order valence-electron chi connectivity index (χ1n) is 2.85. The lowest BCUT2D eigenvalue weighted by atomic mass is 10.3. The molecule has 0 unspecified atom stereocenters. The van der Waals surface area contributed by atoms with Crippen molar-refractivity contribution < 1.29 is 4.80 Å². The molecule has 5 N–H and O–H groups in total. The van der Waals surface area contributed by atoms with Gasteiger partial charge in [-0.15, -0.1) is 0 Å². The largest absolute Gasteiger partial charge is 0.442 e. The van der Waals surface area contributed by atoms with Gasteiger partial charge in [-0.2, -0.15) is 0 Å². The van der Waals surface area contributed by atoms with E-state index in [4.69, 9.17) is 16.3 Å². The van der Waals surface area contributed by atoms with Crippen molar-refractivity contribution in [1.29, 1.82) is 0 Å². The monoisotopic (exact) mass is 156 g/mol. The fraction of sp³-hybridized carbons (Fsp3) is 0. The summed E-state index contributed by atoms with van der Waals surface area (Å²) in [5.74, 6) is 0. The van der Waals surface area contributed by atoms with E-state index in [0.29, 0.717) is 21.9 Å². The topological polar surface area (TPSA) is 72.3 Å². The Kier molecular flexibility index (Phi) is 4.35. The Balaban J connectivity index is 0.000000371. The van der Waals surface area contributed by atoms with Gasteiger partial charge in [-0.05, 0) is 12.1 Å². The average molecular weight is 156 g/mol. The minimum Gasteiger partial charge on any atom is -0.442 e. The highest BCUT2D eigenvalue weighted by Gasteiger charge is 1.85. The van der Waals surface area contributed by atoms with Crippen molar-refractivity contribution in [3.05, 3.63) is 24.3 Å². The third kappa shape index (κ3) is 2.52. The van der Waals surface area contributed by atoms with E-state index in [9.17, 15) is 0 Å². The summed E-state index contributed by atoms with van der Waals surface area (Å²) in [5.41, 5.74) is 12.1. The van der Waals surface area contributed by atoms with Crippen molar-refractivity contribution in [3.63, 3.8) is 0 Å². The zero-order chi connectivity index (χ0) is 7.98. The van der Waals surface area contributed by atoms with Crippen LogP contribution in [-0.4, -0.2) is 15.3 Å². The molecule has 0 atom stereocenters. The van der Waals surface area contributed by atoms with Crippen LogP contribution in [0.3, 0.4) is 0 Å². The lowest BCUT2D eigenvalue weighted by Gasteiger charge is -1.94. The molecule has 0 heterocycles. The predicted molar refractivity (Wildman–Crippen MR) is 47.4 cm³/mol. The van der Waals surface area contributed by atoms with Gasteiger partial charge in [-0.1, -0.05) is 12.1 Å². The van der Waals surface area contributed by atoms with Crippen LogP contribution in [0.25, 0.3) is 0 Å². The number of hydrogen-bond donors (Lipinski definition) is 3. The van der Waals surface area contributed by atoms with Crippen LogP contribution in [0.1, 0.15) is 0 Å². The summed E-state index contributed by atoms with van der Waals surface area (Å²) in [6.45, 7) is 0. The summed E-state index contributed by atoms with van der Waals surface area (Å²) < 4.78 is 0. The molecular formula is C6H12N2OSi. The van der Waals surface area contributed by atoms with Gasteiger partial charge in [0.2, 0.25) is 0 Å². The maximum absolute atomic E-state index is 7.14. The van der Waals surface area contributed by atoms with Gasteiger partial charge in [-0.3, -0.25) is 0 Å². The molecule has 1 rings (SSSR count). The third-order valence-corrected chi connectivity index (χ3v) is 0.996. The van der Waals surface area contributed by atoms with Crippen LogP contribution in [0.15, 0.2) is 24.3 Å². The molecule has 0 bridgehead atoms. The van der Waals surface area contributed by atoms with Crippen molar-refractivity contribution >= 4 is 21.9 Å². The zero-order valence-corrected chi connectivity index (χ0v) is 7.91. The molecule has 0 aliphatic carbocycles. The van der Waals surface area contributed by atoms with Crippen LogP contribution in [-0.2, 0) is 0 Å². The number of anilines is 2. The van der Waals surface area contributed by atoms with Gasteiger partial charge in [0.1, 0.15) is 10.5 Å². The van der Waals surface area contributed by atoms with Gasteiger partial charge in [0, 0.05) is 0 Å². The second-order valence-electron chi connectivity index (χ2n) is 1.63. The van der Waals surface area contributed by atoms with Gasteiger partial charge in [0.25, 0.3) is 0 Å². The van der Waals surface area contributed by atoms with E-state index in [1.54, 1.807) is 12.1 Å². The van der Waals surface area contributed by atoms with Gasteiger partial charge in [-0.25, -0.2) is 0 Å². The van der Waals surface area contributed by atoms with E-state index in [1.165, 1.54) is 0 Å². The van der Waals surface area contributed by atoms with E-state index in [1.807, 2.05) is 12.1 Å². The summed E-state index contributed by atoms with van der Waals surface area (Å²) in [6.07, 6.45) is 0. The Morgan fingerprint density at radius 2 is 1.30 bits per heavy atom. The van der Waals surface area contributed by atoms with Crippen molar-refractivity contribution in [3.8, 4) is 0 Å². The van der Waals surface area contributed by atoms with Crippen LogP contribution < -0.4 is 11.5 Å². The standard InChI is InChI=1S/C6H8N2.H4OSi/c7-5-3-1-2-4-6(5)8;1-2/h1-4H,7-8H2;1H,2H3. The van der Waals surface area contributed by atoms with Crippen LogP contribution in [0.5, 0.6) is 0 Å². The fourth-order valence-corrected chi connectivity index (χ4v) is 0.511. The molecule has 0 aliphatic heterocycles. The van der Waals surface area contributed by atoms with Crippen molar-refractivity contribution in [2.75, 3.05) is 11.5 Å². The van der Waals surface area contributed by atoms with Crippen molar-refractivity contribution in [2.24, 2.45) is 0 Å². The van der Waals surface area contributed by atoms with Crippen molar-refractivity contribution in [1.82, 2.24) is 0 Å². The molecule has 1 aromatic carbocycles. The number of para-hydroxylation sites is 2. The molecule has 0 fully saturated rings. The molecule has 3 nitrogen and oxygen atoms in total.